The van der Waals surface area contributed by atoms with Crippen molar-refractivity contribution in [1.82, 2.24) is 15.0 Å². The molecule has 1 aliphatic heterocycles. The van der Waals surface area contributed by atoms with E-state index in [-0.39, 0.29) is 37.7 Å². The Hall–Kier alpha value is -3.00. The van der Waals surface area contributed by atoms with Gasteiger partial charge in [-0.3, -0.25) is 4.68 Å². The number of hydrogen-bond donors (Lipinski definition) is 2. The summed E-state index contributed by atoms with van der Waals surface area (Å²) >= 11 is 6.37. The Kier molecular flexibility index (Phi) is 7.10. The van der Waals surface area contributed by atoms with Gasteiger partial charge in [-0.05, 0) is 27.7 Å². The van der Waals surface area contributed by atoms with Crippen molar-refractivity contribution in [1.29, 1.82) is 0 Å². The van der Waals surface area contributed by atoms with E-state index < -0.39 is 11.8 Å². The van der Waals surface area contributed by atoms with Crippen LogP contribution in [0.1, 0.15) is 37.6 Å². The molecule has 1 aromatic heterocycles. The van der Waals surface area contributed by atoms with E-state index in [1.807, 2.05) is 45.9 Å². The Morgan fingerprint density at radius 3 is 2.50 bits per heavy atom. The van der Waals surface area contributed by atoms with Crippen molar-refractivity contribution in [2.24, 2.45) is 0 Å². The van der Waals surface area contributed by atoms with Crippen LogP contribution >= 0.6 is 11.6 Å². The van der Waals surface area contributed by atoms with Crippen molar-refractivity contribution < 1.29 is 9.18 Å². The molecule has 36 heavy (non-hydrogen) atoms. The summed E-state index contributed by atoms with van der Waals surface area (Å²) in [6.07, 6.45) is 3.26. The zero-order valence-corrected chi connectivity index (χ0v) is 23.5. The average molecular weight is 573 g/mol. The van der Waals surface area contributed by atoms with Crippen LogP contribution in [0.5, 0.6) is 0 Å². The number of amides is 2. The van der Waals surface area contributed by atoms with Gasteiger partial charge in [0.25, 0.3) is 0 Å². The van der Waals surface area contributed by atoms with Crippen molar-refractivity contribution in [2.75, 3.05) is 22.7 Å². The predicted octanol–water partition coefficient (Wildman–Crippen LogP) is 5.42. The van der Waals surface area contributed by atoms with Gasteiger partial charge in [0.15, 0.2) is 0 Å². The van der Waals surface area contributed by atoms with Gasteiger partial charge < -0.3 is 0 Å². The molecule has 3 aromatic rings. The molecule has 0 bridgehead atoms. The van der Waals surface area contributed by atoms with Crippen LogP contribution in [0.2, 0.25) is 10.7 Å². The van der Waals surface area contributed by atoms with Gasteiger partial charge >= 0.3 is 161 Å². The first-order chi connectivity index (χ1) is 16.9. The number of hydrogen-bond acceptors (Lipinski definition) is 5. The monoisotopic (exact) mass is 572 g/mol. The fraction of sp³-hybridized carbons (Fsp3) is 0.280. The molecule has 2 aromatic carbocycles. The molecule has 4 rings (SSSR count). The number of nitrogens with one attached hydrogen (secondary N) is 2. The van der Waals surface area contributed by atoms with Crippen LogP contribution in [-0.4, -0.2) is 43.8 Å². The number of benzene rings is 2. The minimum absolute atomic E-state index is 0.0153. The van der Waals surface area contributed by atoms with Crippen LogP contribution < -0.4 is 20.0 Å². The van der Waals surface area contributed by atoms with E-state index >= 15 is 0 Å². The Labute approximate surface area is 221 Å². The summed E-state index contributed by atoms with van der Waals surface area (Å²) in [6, 6.07) is 7.80. The second-order valence-corrected chi connectivity index (χ2v) is 11.8. The number of fused-ring (bicyclic) bond motifs is 1. The zero-order valence-electron chi connectivity index (χ0n) is 20.8. The second kappa shape index (κ2) is 9.81. The molecule has 1 aliphatic rings. The second-order valence-electron chi connectivity index (χ2n) is 9.41. The molecule has 0 spiro atoms. The van der Waals surface area contributed by atoms with Crippen LogP contribution in [-0.2, 0) is 5.54 Å². The summed E-state index contributed by atoms with van der Waals surface area (Å²) in [5, 5.41) is 25.0. The van der Waals surface area contributed by atoms with E-state index in [0.29, 0.717) is 16.4 Å². The number of anilines is 3. The Morgan fingerprint density at radius 1 is 1.17 bits per heavy atom. The number of rotatable bonds is 4. The number of hydrazine groups is 1. The summed E-state index contributed by atoms with van der Waals surface area (Å²) in [4.78, 5) is 12.7. The Bertz CT molecular complexity index is 1370. The third-order valence-electron chi connectivity index (χ3n) is 5.87. The van der Waals surface area contributed by atoms with Crippen molar-refractivity contribution in [2.45, 2.75) is 38.9 Å². The van der Waals surface area contributed by atoms with Crippen LogP contribution in [0.3, 0.4) is 0 Å². The Morgan fingerprint density at radius 2 is 1.86 bits per heavy atom. The molecule has 11 heteroatoms. The summed E-state index contributed by atoms with van der Waals surface area (Å²) in [5.41, 5.74) is 5.19. The van der Waals surface area contributed by atoms with Gasteiger partial charge in [0, 0.05) is 0 Å². The van der Waals surface area contributed by atoms with Crippen LogP contribution in [0.4, 0.5) is 26.2 Å². The Balaban J connectivity index is 1.63. The summed E-state index contributed by atoms with van der Waals surface area (Å²) in [7, 11) is 1.67. The first-order valence-corrected chi connectivity index (χ1v) is 14.4. The third-order valence-corrected chi connectivity index (χ3v) is 7.85. The molecule has 0 unspecified atom stereocenters. The van der Waals surface area contributed by atoms with Crippen molar-refractivity contribution >= 4 is 66.6 Å². The molecule has 2 heterocycles. The van der Waals surface area contributed by atoms with Crippen molar-refractivity contribution in [3.8, 4) is 0 Å². The van der Waals surface area contributed by atoms with Crippen molar-refractivity contribution in [3.05, 3.63) is 69.4 Å². The zero-order chi connectivity index (χ0) is 26.4. The number of carbonyl (C=O) groups excluding carboxylic acids is 1. The topological polar surface area (TPSA) is 88.5 Å². The fourth-order valence-corrected chi connectivity index (χ4v) is 5.29. The number of urea groups is 1. The van der Waals surface area contributed by atoms with Crippen molar-refractivity contribution in [3.63, 3.8) is 0 Å². The van der Waals surface area contributed by atoms with Gasteiger partial charge in [-0.2, -0.15) is 5.10 Å². The number of halogens is 2. The molecule has 2 amide bonds. The molecule has 8 nitrogen and oxygen atoms in total. The van der Waals surface area contributed by atoms with Gasteiger partial charge in [-0.25, -0.2) is 0 Å². The van der Waals surface area contributed by atoms with Crippen LogP contribution in [0, 0.1) is 17.9 Å². The van der Waals surface area contributed by atoms with E-state index in [1.54, 1.807) is 24.0 Å². The molecular weight excluding hydrogens is 546 g/mol. The number of hydroxylamine groups is 1. The van der Waals surface area contributed by atoms with E-state index in [1.165, 1.54) is 15.4 Å². The number of carbonyl (C=O) groups is 1. The maximum absolute atomic E-state index is 14.8. The first-order valence-electron chi connectivity index (χ1n) is 11.2. The molecule has 0 fully saturated rings. The normalized spacial score (nSPS) is 13.8. The van der Waals surface area contributed by atoms with Gasteiger partial charge in [0.1, 0.15) is 0 Å². The standard InChI is InChI=1S/C25H27AsClFN6O2/c1-14-21(13-29-33(14)25(2,3)4)31-24(35)30-20-11-17(18(27)12-19(20)28)23-9-15-7-8-16(26-5)10-22(15)32(6)34(23)36/h7-13H,1-6H3,(H2,30,31,35)/q-1. The molecule has 0 aliphatic carbocycles. The van der Waals surface area contributed by atoms with Crippen LogP contribution in [0.15, 0.2) is 36.5 Å². The van der Waals surface area contributed by atoms with Gasteiger partial charge in [-0.1, -0.05) is 0 Å². The minimum atomic E-state index is -0.723. The quantitative estimate of drug-likeness (QED) is 0.408. The van der Waals surface area contributed by atoms with Gasteiger partial charge in [-0.15, -0.1) is 0 Å². The number of nitrogens with zero attached hydrogens (tertiary/aromatic N) is 4. The number of aromatic nitrogens is 2. The van der Waals surface area contributed by atoms with E-state index in [2.05, 4.69) is 21.4 Å². The summed E-state index contributed by atoms with van der Waals surface area (Å²) < 4.78 is 17.8. The predicted molar refractivity (Wildman–Crippen MR) is 145 cm³/mol. The maximum atomic E-state index is 14.8. The molecule has 0 atom stereocenters. The average Bonchev–Trinajstić information content (AvgIpc) is 3.18. The molecule has 189 valence electrons. The summed E-state index contributed by atoms with van der Waals surface area (Å²) in [5.74, 6) is -0.723. The summed E-state index contributed by atoms with van der Waals surface area (Å²) in [6.45, 7) is 7.84. The van der Waals surface area contributed by atoms with E-state index in [4.69, 9.17) is 11.6 Å². The molecule has 0 saturated heterocycles. The van der Waals surface area contributed by atoms with Crippen LogP contribution in [0.25, 0.3) is 11.8 Å². The molecular formula is C25H27AsClFN6O2-. The molecule has 0 saturated carbocycles. The van der Waals surface area contributed by atoms with Gasteiger partial charge in [0.05, 0.1) is 23.1 Å². The first kappa shape index (κ1) is 26.1. The molecule has 2 N–H and O–H groups in total. The van der Waals surface area contributed by atoms with E-state index in [0.717, 1.165) is 23.0 Å². The molecule has 1 radical (unpaired) electrons. The third kappa shape index (κ3) is 4.96. The fourth-order valence-electron chi connectivity index (χ4n) is 4.04. The SMILES string of the molecule is C[As]c1ccc2c(c1)N(C)N([O-])C(c1cc(NC(=O)Nc3cnn(C(C)(C)C)c3C)c(F)cc1Cl)=C2. The van der Waals surface area contributed by atoms with E-state index in [9.17, 15) is 14.4 Å². The van der Waals surface area contributed by atoms with Gasteiger partial charge in [0.2, 0.25) is 0 Å².